The van der Waals surface area contributed by atoms with Crippen molar-refractivity contribution in [3.05, 3.63) is 78.1 Å². The number of pyridine rings is 1. The molecule has 0 fully saturated rings. The Balaban J connectivity index is 1.92. The predicted octanol–water partition coefficient (Wildman–Crippen LogP) is 3.84. The van der Waals surface area contributed by atoms with Gasteiger partial charge in [0, 0.05) is 22.7 Å². The average Bonchev–Trinajstić information content (AvgIpc) is 2.56. The van der Waals surface area contributed by atoms with Gasteiger partial charge in [-0.05, 0) is 35.7 Å². The lowest BCUT2D eigenvalue weighted by molar-refractivity contribution is 0.225. The molecule has 1 aliphatic rings. The molecule has 3 aromatic rings. The van der Waals surface area contributed by atoms with Gasteiger partial charge in [0.25, 0.3) is 0 Å². The van der Waals surface area contributed by atoms with E-state index in [0.29, 0.717) is 33.4 Å². The summed E-state index contributed by atoms with van der Waals surface area (Å²) in [6.07, 6.45) is 2.24. The first-order chi connectivity index (χ1) is 10.8. The SMILES string of the molecule is OC1C(c2ccccn2)=COc2ccc3c(F)cccc3c21. The minimum absolute atomic E-state index is 0.318. The molecule has 1 atom stereocenters. The zero-order chi connectivity index (χ0) is 15.1. The molecular formula is C18H12FNO2. The van der Waals surface area contributed by atoms with Crippen molar-refractivity contribution in [1.82, 2.24) is 4.98 Å². The summed E-state index contributed by atoms with van der Waals surface area (Å²) >= 11 is 0. The van der Waals surface area contributed by atoms with Crippen LogP contribution in [0.25, 0.3) is 16.3 Å². The minimum Gasteiger partial charge on any atom is -0.464 e. The van der Waals surface area contributed by atoms with E-state index in [1.54, 1.807) is 42.6 Å². The third-order valence-corrected chi connectivity index (χ3v) is 3.85. The number of nitrogens with zero attached hydrogens (tertiary/aromatic N) is 1. The molecule has 0 amide bonds. The Morgan fingerprint density at radius 3 is 2.73 bits per heavy atom. The van der Waals surface area contributed by atoms with Crippen molar-refractivity contribution < 1.29 is 14.2 Å². The largest absolute Gasteiger partial charge is 0.464 e. The molecule has 4 heteroatoms. The van der Waals surface area contributed by atoms with Gasteiger partial charge in [-0.3, -0.25) is 4.98 Å². The van der Waals surface area contributed by atoms with Crippen LogP contribution >= 0.6 is 0 Å². The number of ether oxygens (including phenoxy) is 1. The molecular weight excluding hydrogens is 281 g/mol. The van der Waals surface area contributed by atoms with Crippen molar-refractivity contribution >= 4 is 16.3 Å². The van der Waals surface area contributed by atoms with E-state index in [4.69, 9.17) is 4.74 Å². The minimum atomic E-state index is -0.913. The van der Waals surface area contributed by atoms with E-state index in [0.717, 1.165) is 0 Å². The van der Waals surface area contributed by atoms with Gasteiger partial charge < -0.3 is 9.84 Å². The molecule has 0 saturated carbocycles. The number of fused-ring (bicyclic) bond motifs is 3. The van der Waals surface area contributed by atoms with E-state index in [1.165, 1.54) is 12.3 Å². The topological polar surface area (TPSA) is 42.4 Å². The molecule has 1 N–H and O–H groups in total. The highest BCUT2D eigenvalue weighted by Crippen LogP contribution is 2.42. The Morgan fingerprint density at radius 1 is 1.00 bits per heavy atom. The second-order valence-corrected chi connectivity index (χ2v) is 5.12. The van der Waals surface area contributed by atoms with Gasteiger partial charge in [0.05, 0.1) is 12.0 Å². The van der Waals surface area contributed by atoms with Gasteiger partial charge in [-0.1, -0.05) is 18.2 Å². The summed E-state index contributed by atoms with van der Waals surface area (Å²) in [5.41, 5.74) is 1.76. The first-order valence-electron chi connectivity index (χ1n) is 6.93. The third kappa shape index (κ3) is 1.89. The fraction of sp³-hybridized carbons (Fsp3) is 0.0556. The Morgan fingerprint density at radius 2 is 1.91 bits per heavy atom. The summed E-state index contributed by atoms with van der Waals surface area (Å²) in [6, 6.07) is 13.6. The highest BCUT2D eigenvalue weighted by molar-refractivity contribution is 5.91. The molecule has 1 aliphatic heterocycles. The number of benzene rings is 2. The second kappa shape index (κ2) is 4.93. The van der Waals surface area contributed by atoms with E-state index >= 15 is 0 Å². The van der Waals surface area contributed by atoms with E-state index < -0.39 is 6.10 Å². The predicted molar refractivity (Wildman–Crippen MR) is 81.7 cm³/mol. The van der Waals surface area contributed by atoms with Gasteiger partial charge >= 0.3 is 0 Å². The van der Waals surface area contributed by atoms with Crippen LogP contribution in [0.5, 0.6) is 5.75 Å². The zero-order valence-corrected chi connectivity index (χ0v) is 11.5. The molecule has 1 unspecified atom stereocenters. The van der Waals surface area contributed by atoms with Crippen LogP contribution in [0.4, 0.5) is 4.39 Å². The molecule has 0 bridgehead atoms. The van der Waals surface area contributed by atoms with Crippen LogP contribution in [0.3, 0.4) is 0 Å². The Labute approximate surface area is 126 Å². The number of hydrogen-bond acceptors (Lipinski definition) is 3. The monoisotopic (exact) mass is 293 g/mol. The second-order valence-electron chi connectivity index (χ2n) is 5.12. The van der Waals surface area contributed by atoms with Crippen molar-refractivity contribution in [3.63, 3.8) is 0 Å². The third-order valence-electron chi connectivity index (χ3n) is 3.85. The maximum absolute atomic E-state index is 14.0. The van der Waals surface area contributed by atoms with E-state index in [9.17, 15) is 9.50 Å². The number of aliphatic hydroxyl groups is 1. The molecule has 108 valence electrons. The molecule has 0 radical (unpaired) electrons. The molecule has 22 heavy (non-hydrogen) atoms. The smallest absolute Gasteiger partial charge is 0.133 e. The van der Waals surface area contributed by atoms with Crippen LogP contribution in [-0.4, -0.2) is 10.1 Å². The Hall–Kier alpha value is -2.72. The number of halogens is 1. The van der Waals surface area contributed by atoms with E-state index in [2.05, 4.69) is 4.98 Å². The van der Waals surface area contributed by atoms with Gasteiger partial charge in [-0.15, -0.1) is 0 Å². The van der Waals surface area contributed by atoms with Crippen LogP contribution in [0.2, 0.25) is 0 Å². The molecule has 1 aromatic heterocycles. The van der Waals surface area contributed by atoms with Crippen LogP contribution in [-0.2, 0) is 0 Å². The first-order valence-corrected chi connectivity index (χ1v) is 6.93. The quantitative estimate of drug-likeness (QED) is 0.741. The zero-order valence-electron chi connectivity index (χ0n) is 11.5. The molecule has 4 rings (SSSR count). The van der Waals surface area contributed by atoms with Crippen LogP contribution < -0.4 is 4.74 Å². The molecule has 2 heterocycles. The van der Waals surface area contributed by atoms with Crippen LogP contribution in [0, 0.1) is 5.82 Å². The van der Waals surface area contributed by atoms with Crippen LogP contribution in [0.15, 0.2) is 61.0 Å². The fourth-order valence-corrected chi connectivity index (χ4v) is 2.79. The maximum atomic E-state index is 14.0. The van der Waals surface area contributed by atoms with Gasteiger partial charge in [0.2, 0.25) is 0 Å². The number of hydrogen-bond donors (Lipinski definition) is 1. The van der Waals surface area contributed by atoms with Crippen molar-refractivity contribution in [1.29, 1.82) is 0 Å². The molecule has 0 aliphatic carbocycles. The fourth-order valence-electron chi connectivity index (χ4n) is 2.79. The average molecular weight is 293 g/mol. The molecule has 3 nitrogen and oxygen atoms in total. The van der Waals surface area contributed by atoms with E-state index in [1.807, 2.05) is 6.07 Å². The lowest BCUT2D eigenvalue weighted by Crippen LogP contribution is -2.11. The summed E-state index contributed by atoms with van der Waals surface area (Å²) in [7, 11) is 0. The van der Waals surface area contributed by atoms with Gasteiger partial charge in [-0.2, -0.15) is 0 Å². The summed E-state index contributed by atoms with van der Waals surface area (Å²) in [5.74, 6) is 0.215. The molecule has 2 aromatic carbocycles. The maximum Gasteiger partial charge on any atom is 0.133 e. The lowest BCUT2D eigenvalue weighted by atomic mass is 9.92. The number of rotatable bonds is 1. The van der Waals surface area contributed by atoms with Crippen molar-refractivity contribution in [3.8, 4) is 5.75 Å². The highest BCUT2D eigenvalue weighted by Gasteiger charge is 2.27. The van der Waals surface area contributed by atoms with E-state index in [-0.39, 0.29) is 5.82 Å². The molecule has 0 saturated heterocycles. The van der Waals surface area contributed by atoms with Crippen LogP contribution in [0.1, 0.15) is 17.4 Å². The van der Waals surface area contributed by atoms with Crippen molar-refractivity contribution in [2.24, 2.45) is 0 Å². The summed E-state index contributed by atoms with van der Waals surface area (Å²) in [5, 5.41) is 11.9. The Kier molecular flexibility index (Phi) is 2.91. The summed E-state index contributed by atoms with van der Waals surface area (Å²) in [4.78, 5) is 4.24. The van der Waals surface area contributed by atoms with Crippen molar-refractivity contribution in [2.75, 3.05) is 0 Å². The van der Waals surface area contributed by atoms with Gasteiger partial charge in [-0.25, -0.2) is 4.39 Å². The number of aromatic nitrogens is 1. The summed E-state index contributed by atoms with van der Waals surface area (Å²) in [6.45, 7) is 0. The van der Waals surface area contributed by atoms with Gasteiger partial charge in [0.1, 0.15) is 17.7 Å². The normalized spacial score (nSPS) is 16.8. The van der Waals surface area contributed by atoms with Gasteiger partial charge in [0.15, 0.2) is 0 Å². The first kappa shape index (κ1) is 13.0. The standard InChI is InChI=1S/C18H12FNO2/c19-14-5-3-4-12-11(14)7-8-16-17(12)18(21)13(10-22-16)15-6-1-2-9-20-15/h1-10,18,21H. The number of aliphatic hydroxyl groups excluding tert-OH is 1. The lowest BCUT2D eigenvalue weighted by Gasteiger charge is -2.24. The summed E-state index contributed by atoms with van der Waals surface area (Å²) < 4.78 is 19.6. The Bertz CT molecular complexity index is 890. The highest BCUT2D eigenvalue weighted by atomic mass is 19.1. The van der Waals surface area contributed by atoms with Crippen molar-refractivity contribution in [2.45, 2.75) is 6.10 Å². The molecule has 0 spiro atoms.